The SMILES string of the molecule is CC(O)(CI)CCOP(P)P. The maximum absolute atomic E-state index is 9.54. The average Bonchev–Trinajstić information content (AvgIpc) is 1.87. The van der Waals surface area contributed by atoms with Crippen molar-refractivity contribution < 1.29 is 9.63 Å². The van der Waals surface area contributed by atoms with E-state index in [4.69, 9.17) is 4.52 Å². The van der Waals surface area contributed by atoms with Crippen molar-refractivity contribution >= 4 is 48.0 Å². The van der Waals surface area contributed by atoms with Gasteiger partial charge in [-0.05, 0) is 6.92 Å². The van der Waals surface area contributed by atoms with E-state index < -0.39 is 13.1 Å². The summed E-state index contributed by atoms with van der Waals surface area (Å²) in [5, 5.41) is 9.54. The summed E-state index contributed by atoms with van der Waals surface area (Å²) >= 11 is 2.18. The van der Waals surface area contributed by atoms with Gasteiger partial charge in [-0.25, -0.2) is 0 Å². The second-order valence-electron chi connectivity index (χ2n) is 2.57. The Morgan fingerprint density at radius 3 is 2.55 bits per heavy atom. The molecule has 0 aromatic heterocycles. The topological polar surface area (TPSA) is 29.5 Å². The van der Waals surface area contributed by atoms with Gasteiger partial charge in [0, 0.05) is 10.8 Å². The first-order valence-corrected chi connectivity index (χ1v) is 9.21. The molecule has 0 radical (unpaired) electrons. The fourth-order valence-corrected chi connectivity index (χ4v) is 1.75. The molecule has 0 heterocycles. The summed E-state index contributed by atoms with van der Waals surface area (Å²) in [6.45, 7) is 2.46. The molecular formula is C5H14IO2P3. The van der Waals surface area contributed by atoms with Crippen LogP contribution in [0.3, 0.4) is 0 Å². The molecule has 0 aliphatic carbocycles. The third kappa shape index (κ3) is 8.28. The van der Waals surface area contributed by atoms with Crippen LogP contribution in [0.25, 0.3) is 0 Å². The molecule has 6 heteroatoms. The van der Waals surface area contributed by atoms with Crippen LogP contribution in [0.5, 0.6) is 0 Å². The van der Waals surface area contributed by atoms with Crippen molar-refractivity contribution in [3.05, 3.63) is 0 Å². The average molecular weight is 326 g/mol. The Morgan fingerprint density at radius 2 is 2.18 bits per heavy atom. The Kier molecular flexibility index (Phi) is 7.53. The molecular weight excluding hydrogens is 312 g/mol. The highest BCUT2D eigenvalue weighted by Crippen LogP contribution is 2.53. The van der Waals surface area contributed by atoms with Gasteiger partial charge in [-0.15, -0.1) is 0 Å². The Hall–Kier alpha value is 1.94. The van der Waals surface area contributed by atoms with Crippen LogP contribution in [-0.4, -0.2) is 21.7 Å². The Balaban J connectivity index is 3.38. The van der Waals surface area contributed by atoms with Crippen LogP contribution < -0.4 is 0 Å². The number of hydrogen-bond acceptors (Lipinski definition) is 2. The molecule has 2 nitrogen and oxygen atoms in total. The van der Waals surface area contributed by atoms with Gasteiger partial charge in [0.2, 0.25) is 0 Å². The van der Waals surface area contributed by atoms with Crippen molar-refractivity contribution in [3.8, 4) is 0 Å². The van der Waals surface area contributed by atoms with Gasteiger partial charge >= 0.3 is 0 Å². The molecule has 1 N–H and O–H groups in total. The molecule has 11 heavy (non-hydrogen) atoms. The Morgan fingerprint density at radius 1 is 1.64 bits per heavy atom. The number of aliphatic hydroxyl groups is 1. The highest BCUT2D eigenvalue weighted by Gasteiger charge is 2.17. The van der Waals surface area contributed by atoms with Crippen molar-refractivity contribution in [1.82, 2.24) is 0 Å². The van der Waals surface area contributed by atoms with Crippen LogP contribution in [0.4, 0.5) is 0 Å². The Labute approximate surface area is 87.4 Å². The lowest BCUT2D eigenvalue weighted by molar-refractivity contribution is 0.0653. The molecule has 3 unspecified atom stereocenters. The largest absolute Gasteiger partial charge is 0.389 e. The van der Waals surface area contributed by atoms with E-state index in [9.17, 15) is 5.11 Å². The normalized spacial score (nSPS) is 16.9. The summed E-state index contributed by atoms with van der Waals surface area (Å²) in [4.78, 5) is 0. The second kappa shape index (κ2) is 6.40. The minimum Gasteiger partial charge on any atom is -0.389 e. The summed E-state index contributed by atoms with van der Waals surface area (Å²) in [6.07, 6.45) is 0.706. The minimum absolute atomic E-state index is 0.439. The molecule has 0 amide bonds. The van der Waals surface area contributed by atoms with E-state index in [1.807, 2.05) is 6.92 Å². The third-order valence-corrected chi connectivity index (χ3v) is 4.19. The zero-order valence-corrected chi connectivity index (χ0v) is 11.8. The molecule has 0 bridgehead atoms. The summed E-state index contributed by atoms with van der Waals surface area (Å²) < 4.78 is 6.06. The van der Waals surface area contributed by atoms with Gasteiger partial charge in [-0.2, -0.15) is 0 Å². The van der Waals surface area contributed by atoms with Gasteiger partial charge in [0.05, 0.1) is 19.7 Å². The summed E-state index contributed by atoms with van der Waals surface area (Å²) in [5.41, 5.74) is -0.568. The molecule has 0 aliphatic heterocycles. The van der Waals surface area contributed by atoms with Gasteiger partial charge in [0.1, 0.15) is 0 Å². The smallest absolute Gasteiger partial charge is 0.0730 e. The maximum atomic E-state index is 9.54. The van der Waals surface area contributed by atoms with Gasteiger partial charge in [0.15, 0.2) is 0 Å². The number of halogens is 1. The first-order chi connectivity index (χ1) is 4.98. The fraction of sp³-hybridized carbons (Fsp3) is 1.00. The molecule has 68 valence electrons. The molecule has 0 rings (SSSR count). The van der Waals surface area contributed by atoms with Crippen LogP contribution in [0.2, 0.25) is 0 Å². The van der Waals surface area contributed by atoms with Gasteiger partial charge in [0.25, 0.3) is 0 Å². The van der Waals surface area contributed by atoms with Crippen LogP contribution in [0.1, 0.15) is 13.3 Å². The molecule has 0 spiro atoms. The van der Waals surface area contributed by atoms with Crippen LogP contribution in [-0.2, 0) is 4.52 Å². The Bertz CT molecular complexity index is 110. The highest BCUT2D eigenvalue weighted by atomic mass is 127. The van der Waals surface area contributed by atoms with E-state index in [2.05, 4.69) is 40.4 Å². The zero-order chi connectivity index (χ0) is 8.91. The van der Waals surface area contributed by atoms with Gasteiger partial charge < -0.3 is 9.63 Å². The first-order valence-electron chi connectivity index (χ1n) is 3.19. The van der Waals surface area contributed by atoms with E-state index in [-0.39, 0.29) is 0 Å². The summed E-state index contributed by atoms with van der Waals surface area (Å²) in [6, 6.07) is 0. The fourth-order valence-electron chi connectivity index (χ4n) is 0.438. The standard InChI is InChI=1S/C5H14IO2P3/c1-5(7,4-6)2-3-8-11(9)10/h7H,2-4,9-10H2,1H3. The number of alkyl halides is 1. The minimum atomic E-state index is -0.568. The van der Waals surface area contributed by atoms with E-state index >= 15 is 0 Å². The van der Waals surface area contributed by atoms with Crippen molar-refractivity contribution in [2.45, 2.75) is 18.9 Å². The highest BCUT2D eigenvalue weighted by molar-refractivity contribution is 14.1. The molecule has 0 saturated carbocycles. The van der Waals surface area contributed by atoms with Crippen LogP contribution in [0, 0.1) is 0 Å². The molecule has 0 saturated heterocycles. The quantitative estimate of drug-likeness (QED) is 0.478. The lowest BCUT2D eigenvalue weighted by Gasteiger charge is -2.20. The molecule has 3 atom stereocenters. The van der Waals surface area contributed by atoms with E-state index in [1.54, 1.807) is 0 Å². The first kappa shape index (κ1) is 12.9. The van der Waals surface area contributed by atoms with Crippen LogP contribution in [0.15, 0.2) is 0 Å². The number of hydrogen-bond donors (Lipinski definition) is 1. The van der Waals surface area contributed by atoms with E-state index in [0.29, 0.717) is 13.0 Å². The van der Waals surface area contributed by atoms with Crippen molar-refractivity contribution in [2.24, 2.45) is 0 Å². The second-order valence-corrected chi connectivity index (χ2v) is 9.16. The third-order valence-electron chi connectivity index (χ3n) is 1.17. The van der Waals surface area contributed by atoms with Gasteiger partial charge in [-0.1, -0.05) is 40.4 Å². The zero-order valence-electron chi connectivity index (χ0n) is 6.46. The lowest BCUT2D eigenvalue weighted by atomic mass is 10.1. The maximum Gasteiger partial charge on any atom is 0.0730 e. The summed E-state index contributed by atoms with van der Waals surface area (Å²) in [5.74, 6) is 0. The number of rotatable bonds is 5. The van der Waals surface area contributed by atoms with Gasteiger partial charge in [-0.3, -0.25) is 0 Å². The van der Waals surface area contributed by atoms with Crippen molar-refractivity contribution in [2.75, 3.05) is 11.0 Å². The monoisotopic (exact) mass is 326 g/mol. The molecule has 0 fully saturated rings. The molecule has 0 aliphatic rings. The predicted molar refractivity (Wildman–Crippen MR) is 66.4 cm³/mol. The predicted octanol–water partition coefficient (Wildman–Crippen LogP) is 2.56. The molecule has 0 aromatic carbocycles. The lowest BCUT2D eigenvalue weighted by Crippen LogP contribution is -2.27. The van der Waals surface area contributed by atoms with Crippen molar-refractivity contribution in [3.63, 3.8) is 0 Å². The van der Waals surface area contributed by atoms with E-state index in [1.165, 1.54) is 0 Å². The van der Waals surface area contributed by atoms with Crippen LogP contribution >= 0.6 is 48.0 Å². The van der Waals surface area contributed by atoms with E-state index in [0.717, 1.165) is 4.43 Å². The molecule has 0 aromatic rings. The van der Waals surface area contributed by atoms with Crippen molar-refractivity contribution in [1.29, 1.82) is 0 Å². The summed E-state index contributed by atoms with van der Waals surface area (Å²) in [7, 11) is 4.73.